The third kappa shape index (κ3) is 18.4. The van der Waals surface area contributed by atoms with E-state index in [-0.39, 0.29) is 18.1 Å². The Balaban J connectivity index is 0.000000475. The molecule has 2 aliphatic heterocycles. The van der Waals surface area contributed by atoms with Crippen molar-refractivity contribution in [3.63, 3.8) is 0 Å². The summed E-state index contributed by atoms with van der Waals surface area (Å²) in [5.74, 6) is -0.403. The van der Waals surface area contributed by atoms with Crippen molar-refractivity contribution in [1.82, 2.24) is 20.2 Å². The number of nitrogens with zero attached hydrogens (tertiary/aromatic N) is 3. The average molecular weight is 479 g/mol. The van der Waals surface area contributed by atoms with Gasteiger partial charge in [0, 0.05) is 65.4 Å². The Morgan fingerprint density at radius 3 is 1.67 bits per heavy atom. The van der Waals surface area contributed by atoms with Crippen LogP contribution in [0.4, 0.5) is 0 Å². The van der Waals surface area contributed by atoms with Crippen molar-refractivity contribution >= 4 is 20.2 Å². The normalized spacial score (nSPS) is 19.4. The molecule has 0 unspecified atom stereocenters. The van der Waals surface area contributed by atoms with Crippen LogP contribution >= 0.6 is 0 Å². The van der Waals surface area contributed by atoms with Crippen molar-refractivity contribution < 1.29 is 35.9 Å². The van der Waals surface area contributed by atoms with Gasteiger partial charge in [0.1, 0.15) is 0 Å². The van der Waals surface area contributed by atoms with Gasteiger partial charge in [0.05, 0.1) is 24.7 Å². The van der Waals surface area contributed by atoms with E-state index < -0.39 is 20.2 Å². The second-order valence-electron chi connectivity index (χ2n) is 6.66. The first-order chi connectivity index (χ1) is 14.0. The van der Waals surface area contributed by atoms with Gasteiger partial charge in [-0.2, -0.15) is 21.9 Å². The van der Waals surface area contributed by atoms with Crippen LogP contribution in [0.15, 0.2) is 0 Å². The lowest BCUT2D eigenvalue weighted by atomic mass is 10.3. The van der Waals surface area contributed by atoms with Crippen LogP contribution in [0.2, 0.25) is 0 Å². The number of nitrogens with one attached hydrogen (secondary N) is 1. The maximum absolute atomic E-state index is 10.5. The number of β-amino-alcohol motifs (C(OH)–C–C–N with tert-alkyl or cyclic N) is 1. The van der Waals surface area contributed by atoms with Gasteiger partial charge in [-0.3, -0.25) is 23.7 Å². The fourth-order valence-corrected chi connectivity index (χ4v) is 3.07. The van der Waals surface area contributed by atoms with E-state index in [1.54, 1.807) is 0 Å². The molecule has 2 saturated heterocycles. The smallest absolute Gasteiger partial charge is 0.266 e. The monoisotopic (exact) mass is 478 g/mol. The highest BCUT2D eigenvalue weighted by Gasteiger charge is 2.17. The number of rotatable bonds is 8. The van der Waals surface area contributed by atoms with Gasteiger partial charge in [-0.15, -0.1) is 0 Å². The molecule has 0 aromatic rings. The molecule has 0 amide bonds. The third-order valence-electron chi connectivity index (χ3n) is 4.30. The standard InChI is InChI=1S/C8H18N2O4S.C6H14N2O.C2H6O3S/c11-7-5-9-1-3-10(4-2-9)6-8-15(12,13)14;1-2-9-8-5-3-7-4-6-8;1-2-6(3,4)5/h11H,1-8H2,(H,12,13,14);7H,2-6H2,1H3;2H2,1H3,(H,3,4,5). The van der Waals surface area contributed by atoms with Gasteiger partial charge in [-0.25, -0.2) is 0 Å². The topological polar surface area (TPSA) is 160 Å². The number of hydrogen-bond acceptors (Lipinski definition) is 10. The van der Waals surface area contributed by atoms with Crippen LogP contribution in [0.1, 0.15) is 13.8 Å². The summed E-state index contributed by atoms with van der Waals surface area (Å²) in [5, 5.41) is 14.0. The summed E-state index contributed by atoms with van der Waals surface area (Å²) < 4.78 is 56.5. The summed E-state index contributed by atoms with van der Waals surface area (Å²) in [6.45, 7) is 12.8. The van der Waals surface area contributed by atoms with Crippen LogP contribution < -0.4 is 5.32 Å². The number of hydroxylamine groups is 2. The Kier molecular flexibility index (Phi) is 16.0. The van der Waals surface area contributed by atoms with Crippen LogP contribution in [0.5, 0.6) is 0 Å². The van der Waals surface area contributed by atoms with E-state index >= 15 is 0 Å². The highest BCUT2D eigenvalue weighted by Crippen LogP contribution is 2.01. The molecule has 2 rings (SSSR count). The van der Waals surface area contributed by atoms with Crippen molar-refractivity contribution in [2.45, 2.75) is 13.8 Å². The van der Waals surface area contributed by atoms with E-state index in [0.717, 1.165) is 59.0 Å². The number of aliphatic hydroxyl groups excluding tert-OH is 1. The highest BCUT2D eigenvalue weighted by atomic mass is 32.2. The minimum Gasteiger partial charge on any atom is -0.395 e. The molecular weight excluding hydrogens is 440 g/mol. The van der Waals surface area contributed by atoms with E-state index in [4.69, 9.17) is 19.0 Å². The molecular formula is C16H38N4O8S2. The zero-order valence-corrected chi connectivity index (χ0v) is 19.6. The Hall–Kier alpha value is -0.420. The first-order valence-electron chi connectivity index (χ1n) is 10.0. The number of aliphatic hydroxyl groups is 1. The molecule has 0 radical (unpaired) electrons. The van der Waals surface area contributed by atoms with E-state index in [2.05, 4.69) is 10.2 Å². The van der Waals surface area contributed by atoms with E-state index in [0.29, 0.717) is 13.1 Å². The zero-order valence-electron chi connectivity index (χ0n) is 17.9. The highest BCUT2D eigenvalue weighted by molar-refractivity contribution is 7.86. The minimum absolute atomic E-state index is 0.158. The summed E-state index contributed by atoms with van der Waals surface area (Å²) in [5.41, 5.74) is 0. The zero-order chi connectivity index (χ0) is 23.0. The lowest BCUT2D eigenvalue weighted by Crippen LogP contribution is -2.48. The fraction of sp³-hybridized carbons (Fsp3) is 1.00. The molecule has 182 valence electrons. The van der Waals surface area contributed by atoms with Crippen molar-refractivity contribution in [2.75, 3.05) is 90.2 Å². The maximum atomic E-state index is 10.5. The molecule has 2 heterocycles. The second-order valence-corrected chi connectivity index (χ2v) is 9.97. The maximum Gasteiger partial charge on any atom is 0.266 e. The molecule has 4 N–H and O–H groups in total. The van der Waals surface area contributed by atoms with Crippen LogP contribution in [-0.2, 0) is 25.1 Å². The lowest BCUT2D eigenvalue weighted by molar-refractivity contribution is -0.159. The van der Waals surface area contributed by atoms with Crippen LogP contribution in [0.25, 0.3) is 0 Å². The van der Waals surface area contributed by atoms with Gasteiger partial charge in [-0.1, -0.05) is 0 Å². The Labute approximate surface area is 180 Å². The number of piperazine rings is 2. The molecule has 0 saturated carbocycles. The predicted molar refractivity (Wildman–Crippen MR) is 115 cm³/mol. The molecule has 12 nitrogen and oxygen atoms in total. The summed E-state index contributed by atoms with van der Waals surface area (Å²) >= 11 is 0. The average Bonchev–Trinajstić information content (AvgIpc) is 2.69. The van der Waals surface area contributed by atoms with Crippen molar-refractivity contribution in [3.05, 3.63) is 0 Å². The van der Waals surface area contributed by atoms with E-state index in [1.165, 1.54) is 6.92 Å². The third-order valence-corrected chi connectivity index (χ3v) is 5.73. The second kappa shape index (κ2) is 16.2. The van der Waals surface area contributed by atoms with Gasteiger partial charge < -0.3 is 10.4 Å². The quantitative estimate of drug-likeness (QED) is 0.291. The summed E-state index contributed by atoms with van der Waals surface area (Å²) in [6, 6.07) is 0. The molecule has 0 aliphatic carbocycles. The van der Waals surface area contributed by atoms with Gasteiger partial charge in [-0.05, 0) is 13.8 Å². The Morgan fingerprint density at radius 2 is 1.30 bits per heavy atom. The van der Waals surface area contributed by atoms with Gasteiger partial charge >= 0.3 is 0 Å². The SMILES string of the molecule is CCON1CCNCC1.CCS(=O)(=O)O.O=S(=O)(O)CCN1CCN(CCO)CC1. The predicted octanol–water partition coefficient (Wildman–Crippen LogP) is -1.78. The summed E-state index contributed by atoms with van der Waals surface area (Å²) in [4.78, 5) is 9.41. The van der Waals surface area contributed by atoms with Crippen molar-refractivity contribution in [3.8, 4) is 0 Å². The molecule has 0 atom stereocenters. The lowest BCUT2D eigenvalue weighted by Gasteiger charge is -2.33. The molecule has 2 fully saturated rings. The van der Waals surface area contributed by atoms with Gasteiger partial charge in [0.2, 0.25) is 0 Å². The molecule has 0 aromatic carbocycles. The molecule has 2 aliphatic rings. The Morgan fingerprint density at radius 1 is 0.833 bits per heavy atom. The minimum atomic E-state index is -3.84. The van der Waals surface area contributed by atoms with Crippen molar-refractivity contribution in [1.29, 1.82) is 0 Å². The van der Waals surface area contributed by atoms with Crippen LogP contribution in [0, 0.1) is 0 Å². The summed E-state index contributed by atoms with van der Waals surface area (Å²) in [7, 11) is -7.50. The van der Waals surface area contributed by atoms with E-state index in [1.807, 2.05) is 16.9 Å². The molecule has 0 aromatic heterocycles. The van der Waals surface area contributed by atoms with Crippen LogP contribution in [0.3, 0.4) is 0 Å². The van der Waals surface area contributed by atoms with Gasteiger partial charge in [0.25, 0.3) is 20.2 Å². The van der Waals surface area contributed by atoms with Crippen molar-refractivity contribution in [2.24, 2.45) is 0 Å². The first-order valence-corrected chi connectivity index (χ1v) is 13.3. The van der Waals surface area contributed by atoms with Crippen LogP contribution in [-0.4, -0.2) is 136 Å². The molecule has 0 bridgehead atoms. The molecule has 14 heteroatoms. The first kappa shape index (κ1) is 29.6. The summed E-state index contributed by atoms with van der Waals surface area (Å²) in [6.07, 6.45) is 0. The largest absolute Gasteiger partial charge is 0.395 e. The number of hydrogen-bond donors (Lipinski definition) is 4. The van der Waals surface area contributed by atoms with Gasteiger partial charge in [0.15, 0.2) is 0 Å². The fourth-order valence-electron chi connectivity index (χ4n) is 2.58. The molecule has 0 spiro atoms. The Bertz CT molecular complexity index is 616. The van der Waals surface area contributed by atoms with E-state index in [9.17, 15) is 16.8 Å². The molecule has 30 heavy (non-hydrogen) atoms.